The number of aryl methyl sites for hydroxylation is 2. The standard InChI is InChI=1S/C50H88Si/c1-5-7-9-11-13-15-17-19-21-23-25-27-29-31-33-35-45-51(49-41-37-47(3)38-42-49,50-43-39-48(4)40-44-50)46-36-34-32-30-28-26-24-22-20-18-16-14-12-10-8-6-2/h37-44H,5-36,45-46H2,1-4H3. The van der Waals surface area contributed by atoms with E-state index in [1.165, 1.54) is 229 Å². The molecular weight excluding hydrogens is 629 g/mol. The second-order valence-corrected chi connectivity index (χ2v) is 21.2. The Morgan fingerprint density at radius 3 is 0.686 bits per heavy atom. The second kappa shape index (κ2) is 32.1. The Kier molecular flexibility index (Phi) is 28.9. The molecule has 292 valence electrons. The number of hydrogen-bond donors (Lipinski definition) is 0. The first-order valence-electron chi connectivity index (χ1n) is 23.3. The molecule has 0 unspecified atom stereocenters. The molecule has 0 heterocycles. The first kappa shape index (κ1) is 45.8. The minimum atomic E-state index is -1.81. The Morgan fingerprint density at radius 2 is 0.471 bits per heavy atom. The van der Waals surface area contributed by atoms with Crippen molar-refractivity contribution in [1.82, 2.24) is 0 Å². The SMILES string of the molecule is CCCCCCCCCCCCCCCCCC[Si](CCCCCCCCCCCCCCCCCC)(c1ccc(C)cc1)c1ccc(C)cc1. The molecule has 0 saturated heterocycles. The maximum absolute atomic E-state index is 2.53. The third-order valence-corrected chi connectivity index (χ3v) is 17.4. The van der Waals surface area contributed by atoms with Crippen LogP contribution in [0.2, 0.25) is 12.1 Å². The van der Waals surface area contributed by atoms with Crippen LogP contribution >= 0.6 is 0 Å². The largest absolute Gasteiger partial charge is 0.118 e. The topological polar surface area (TPSA) is 0 Å². The van der Waals surface area contributed by atoms with Crippen molar-refractivity contribution in [2.24, 2.45) is 0 Å². The number of unbranched alkanes of at least 4 members (excludes halogenated alkanes) is 30. The smallest absolute Gasteiger partial charge is 0.0654 e. The van der Waals surface area contributed by atoms with Crippen molar-refractivity contribution >= 4 is 18.4 Å². The van der Waals surface area contributed by atoms with E-state index < -0.39 is 8.07 Å². The highest BCUT2D eigenvalue weighted by Crippen LogP contribution is 2.26. The van der Waals surface area contributed by atoms with E-state index in [1.807, 2.05) is 0 Å². The van der Waals surface area contributed by atoms with Crippen molar-refractivity contribution in [2.75, 3.05) is 0 Å². The van der Waals surface area contributed by atoms with E-state index in [1.54, 1.807) is 10.4 Å². The molecule has 0 radical (unpaired) electrons. The van der Waals surface area contributed by atoms with E-state index in [2.05, 4.69) is 76.2 Å². The van der Waals surface area contributed by atoms with Gasteiger partial charge in [-0.1, -0.05) is 289 Å². The summed E-state index contributed by atoms with van der Waals surface area (Å²) < 4.78 is 0. The van der Waals surface area contributed by atoms with Gasteiger partial charge in [0.2, 0.25) is 0 Å². The van der Waals surface area contributed by atoms with Crippen LogP contribution in [0.15, 0.2) is 48.5 Å². The Hall–Kier alpha value is -1.34. The lowest BCUT2D eigenvalue weighted by molar-refractivity contribution is 0.530. The summed E-state index contributed by atoms with van der Waals surface area (Å²) in [6, 6.07) is 22.5. The van der Waals surface area contributed by atoms with Gasteiger partial charge in [-0.2, -0.15) is 0 Å². The zero-order chi connectivity index (χ0) is 36.5. The van der Waals surface area contributed by atoms with Crippen LogP contribution in [0.4, 0.5) is 0 Å². The number of rotatable bonds is 36. The summed E-state index contributed by atoms with van der Waals surface area (Å²) in [5.41, 5.74) is 2.80. The minimum absolute atomic E-state index is 1.36. The summed E-state index contributed by atoms with van der Waals surface area (Å²) in [7, 11) is -1.81. The normalized spacial score (nSPS) is 11.8. The van der Waals surface area contributed by atoms with Crippen molar-refractivity contribution < 1.29 is 0 Å². The fourth-order valence-corrected chi connectivity index (χ4v) is 13.6. The molecule has 0 fully saturated rings. The predicted octanol–water partition coefficient (Wildman–Crippen LogP) is 16.4. The fraction of sp³-hybridized carbons (Fsp3) is 0.760. The lowest BCUT2D eigenvalue weighted by Crippen LogP contribution is -2.58. The zero-order valence-corrected chi connectivity index (χ0v) is 36.2. The van der Waals surface area contributed by atoms with Gasteiger partial charge in [0.15, 0.2) is 0 Å². The van der Waals surface area contributed by atoms with E-state index >= 15 is 0 Å². The van der Waals surface area contributed by atoms with Gasteiger partial charge in [-0.25, -0.2) is 0 Å². The third-order valence-electron chi connectivity index (χ3n) is 12.1. The van der Waals surface area contributed by atoms with E-state index in [4.69, 9.17) is 0 Å². The highest BCUT2D eigenvalue weighted by Gasteiger charge is 2.36. The molecule has 0 nitrogen and oxygen atoms in total. The summed E-state index contributed by atoms with van der Waals surface area (Å²) in [6.45, 7) is 9.14. The van der Waals surface area contributed by atoms with E-state index in [9.17, 15) is 0 Å². The minimum Gasteiger partial charge on any atom is -0.0654 e. The van der Waals surface area contributed by atoms with Crippen molar-refractivity contribution in [2.45, 2.75) is 245 Å². The van der Waals surface area contributed by atoms with Gasteiger partial charge in [0.05, 0.1) is 0 Å². The molecule has 51 heavy (non-hydrogen) atoms. The molecule has 0 aliphatic heterocycles. The Labute approximate surface area is 322 Å². The van der Waals surface area contributed by atoms with E-state index in [-0.39, 0.29) is 0 Å². The molecule has 2 rings (SSSR count). The molecule has 0 aliphatic carbocycles. The van der Waals surface area contributed by atoms with E-state index in [0.29, 0.717) is 0 Å². The molecule has 0 aliphatic rings. The molecule has 0 bridgehead atoms. The van der Waals surface area contributed by atoms with Crippen LogP contribution in [0.25, 0.3) is 0 Å². The Balaban J connectivity index is 1.72. The van der Waals surface area contributed by atoms with Crippen LogP contribution in [0, 0.1) is 13.8 Å². The molecule has 2 aromatic rings. The Bertz CT molecular complexity index is 921. The molecule has 0 spiro atoms. The lowest BCUT2D eigenvalue weighted by atomic mass is 10.0. The molecule has 0 N–H and O–H groups in total. The molecule has 0 amide bonds. The number of hydrogen-bond acceptors (Lipinski definition) is 0. The molecule has 0 saturated carbocycles. The molecular formula is C50H88Si. The summed E-state index contributed by atoms with van der Waals surface area (Å²) in [5, 5.41) is 3.39. The van der Waals surface area contributed by atoms with Gasteiger partial charge in [0, 0.05) is 0 Å². The maximum atomic E-state index is 2.53. The summed E-state index contributed by atoms with van der Waals surface area (Å²) >= 11 is 0. The van der Waals surface area contributed by atoms with Gasteiger partial charge in [0.25, 0.3) is 0 Å². The monoisotopic (exact) mass is 717 g/mol. The predicted molar refractivity (Wildman–Crippen MR) is 236 cm³/mol. The van der Waals surface area contributed by atoms with Gasteiger partial charge >= 0.3 is 0 Å². The van der Waals surface area contributed by atoms with Crippen molar-refractivity contribution in [3.05, 3.63) is 59.7 Å². The van der Waals surface area contributed by atoms with Crippen LogP contribution in [-0.2, 0) is 0 Å². The molecule has 1 heteroatoms. The molecule has 0 atom stereocenters. The number of benzene rings is 2. The average Bonchev–Trinajstić information content (AvgIpc) is 3.14. The lowest BCUT2D eigenvalue weighted by Gasteiger charge is -2.34. The highest BCUT2D eigenvalue weighted by atomic mass is 28.3. The maximum Gasteiger partial charge on any atom is 0.118 e. The Morgan fingerprint density at radius 1 is 0.275 bits per heavy atom. The average molecular weight is 717 g/mol. The summed E-state index contributed by atoms with van der Waals surface area (Å²) in [6.07, 6.45) is 46.3. The second-order valence-electron chi connectivity index (χ2n) is 16.9. The van der Waals surface area contributed by atoms with Gasteiger partial charge in [-0.3, -0.25) is 0 Å². The van der Waals surface area contributed by atoms with Crippen LogP contribution < -0.4 is 10.4 Å². The van der Waals surface area contributed by atoms with E-state index in [0.717, 1.165) is 0 Å². The van der Waals surface area contributed by atoms with Gasteiger partial charge in [0.1, 0.15) is 8.07 Å². The van der Waals surface area contributed by atoms with Crippen molar-refractivity contribution in [3.8, 4) is 0 Å². The third kappa shape index (κ3) is 22.5. The van der Waals surface area contributed by atoms with Gasteiger partial charge in [-0.15, -0.1) is 0 Å². The van der Waals surface area contributed by atoms with Gasteiger partial charge < -0.3 is 0 Å². The highest BCUT2D eigenvalue weighted by molar-refractivity contribution is 7.02. The first-order valence-corrected chi connectivity index (χ1v) is 25.7. The quantitative estimate of drug-likeness (QED) is 0.0486. The summed E-state index contributed by atoms with van der Waals surface area (Å²) in [5.74, 6) is 0. The van der Waals surface area contributed by atoms with Crippen LogP contribution in [-0.4, -0.2) is 8.07 Å². The molecule has 2 aromatic carbocycles. The van der Waals surface area contributed by atoms with Crippen LogP contribution in [0.1, 0.15) is 230 Å². The zero-order valence-electron chi connectivity index (χ0n) is 35.2. The van der Waals surface area contributed by atoms with Crippen molar-refractivity contribution in [3.63, 3.8) is 0 Å². The van der Waals surface area contributed by atoms with Crippen LogP contribution in [0.3, 0.4) is 0 Å². The van der Waals surface area contributed by atoms with Crippen molar-refractivity contribution in [1.29, 1.82) is 0 Å². The first-order chi connectivity index (χ1) is 25.1. The fourth-order valence-electron chi connectivity index (χ4n) is 8.56. The molecule has 0 aromatic heterocycles. The summed E-state index contributed by atoms with van der Waals surface area (Å²) in [4.78, 5) is 0. The van der Waals surface area contributed by atoms with Gasteiger partial charge in [-0.05, 0) is 25.9 Å². The van der Waals surface area contributed by atoms with Crippen LogP contribution in [0.5, 0.6) is 0 Å².